The third-order valence-corrected chi connectivity index (χ3v) is 7.00. The highest BCUT2D eigenvalue weighted by molar-refractivity contribution is 7.91. The van der Waals surface area contributed by atoms with Gasteiger partial charge in [-0.1, -0.05) is 55.5 Å². The van der Waals surface area contributed by atoms with Crippen LogP contribution in [0, 0.1) is 0 Å². The fourth-order valence-electron chi connectivity index (χ4n) is 3.17. The van der Waals surface area contributed by atoms with Crippen LogP contribution in [0.15, 0.2) is 83.8 Å². The lowest BCUT2D eigenvalue weighted by atomic mass is 10.1. The normalized spacial score (nSPS) is 13.1. The molecule has 30 heavy (non-hydrogen) atoms. The van der Waals surface area contributed by atoms with Gasteiger partial charge in [0.05, 0.1) is 15.7 Å². The van der Waals surface area contributed by atoms with Crippen LogP contribution in [0.5, 0.6) is 5.75 Å². The van der Waals surface area contributed by atoms with Gasteiger partial charge in [0.2, 0.25) is 0 Å². The first-order valence-corrected chi connectivity index (χ1v) is 10.9. The lowest BCUT2D eigenvalue weighted by molar-refractivity contribution is -0.137. The van der Waals surface area contributed by atoms with Gasteiger partial charge in [-0.3, -0.25) is 0 Å². The molecule has 0 amide bonds. The SMILES string of the molecule is CCC(c1ccc(OCc2ccccc2)cc1)S(=O)(=O)c1cccc(C(F)(F)F)c1. The lowest BCUT2D eigenvalue weighted by Crippen LogP contribution is -2.14. The van der Waals surface area contributed by atoms with Crippen LogP contribution < -0.4 is 4.74 Å². The maximum absolute atomic E-state index is 13.0. The van der Waals surface area contributed by atoms with Gasteiger partial charge in [0.15, 0.2) is 9.84 Å². The van der Waals surface area contributed by atoms with Crippen molar-refractivity contribution in [3.63, 3.8) is 0 Å². The van der Waals surface area contributed by atoms with Crippen molar-refractivity contribution in [1.29, 1.82) is 0 Å². The van der Waals surface area contributed by atoms with Gasteiger partial charge < -0.3 is 4.74 Å². The largest absolute Gasteiger partial charge is 0.489 e. The molecule has 3 nitrogen and oxygen atoms in total. The maximum Gasteiger partial charge on any atom is 0.416 e. The third-order valence-electron chi connectivity index (χ3n) is 4.74. The van der Waals surface area contributed by atoms with E-state index >= 15 is 0 Å². The molecule has 0 saturated carbocycles. The average Bonchev–Trinajstić information content (AvgIpc) is 2.74. The molecule has 0 saturated heterocycles. The Balaban J connectivity index is 1.81. The Morgan fingerprint density at radius 2 is 1.57 bits per heavy atom. The summed E-state index contributed by atoms with van der Waals surface area (Å²) in [6, 6.07) is 20.1. The maximum atomic E-state index is 13.0. The highest BCUT2D eigenvalue weighted by Gasteiger charge is 2.33. The van der Waals surface area contributed by atoms with Crippen LogP contribution in [-0.2, 0) is 22.6 Å². The molecular formula is C23H21F3O3S. The van der Waals surface area contributed by atoms with E-state index in [9.17, 15) is 21.6 Å². The number of ether oxygens (including phenoxy) is 1. The minimum absolute atomic E-state index is 0.225. The van der Waals surface area contributed by atoms with Gasteiger partial charge in [-0.15, -0.1) is 0 Å². The number of alkyl halides is 3. The van der Waals surface area contributed by atoms with Crippen molar-refractivity contribution >= 4 is 9.84 Å². The first-order valence-electron chi connectivity index (χ1n) is 9.39. The number of hydrogen-bond donors (Lipinski definition) is 0. The summed E-state index contributed by atoms with van der Waals surface area (Å²) in [4.78, 5) is -0.339. The van der Waals surface area contributed by atoms with Crippen molar-refractivity contribution in [1.82, 2.24) is 0 Å². The fraction of sp³-hybridized carbons (Fsp3) is 0.217. The number of rotatable bonds is 7. The minimum atomic E-state index is -4.61. The molecule has 0 N–H and O–H groups in total. The molecule has 3 aromatic rings. The molecule has 3 aromatic carbocycles. The second kappa shape index (κ2) is 8.92. The van der Waals surface area contributed by atoms with Crippen molar-refractivity contribution in [3.05, 3.63) is 95.6 Å². The Hall–Kier alpha value is -2.80. The smallest absolute Gasteiger partial charge is 0.416 e. The van der Waals surface area contributed by atoms with Crippen LogP contribution in [-0.4, -0.2) is 8.42 Å². The van der Waals surface area contributed by atoms with Crippen molar-refractivity contribution in [2.75, 3.05) is 0 Å². The van der Waals surface area contributed by atoms with Crippen molar-refractivity contribution < 1.29 is 26.3 Å². The first-order chi connectivity index (χ1) is 14.2. The molecule has 0 aliphatic rings. The van der Waals surface area contributed by atoms with E-state index in [0.29, 0.717) is 24.0 Å². The monoisotopic (exact) mass is 434 g/mol. The first kappa shape index (κ1) is 21.9. The number of hydrogen-bond acceptors (Lipinski definition) is 3. The summed E-state index contributed by atoms with van der Waals surface area (Å²) >= 11 is 0. The highest BCUT2D eigenvalue weighted by Crippen LogP contribution is 2.36. The molecule has 0 radical (unpaired) electrons. The molecule has 0 spiro atoms. The topological polar surface area (TPSA) is 43.4 Å². The van der Waals surface area contributed by atoms with E-state index in [0.717, 1.165) is 17.7 Å². The Bertz CT molecular complexity index is 1080. The molecular weight excluding hydrogens is 413 g/mol. The van der Waals surface area contributed by atoms with Crippen LogP contribution in [0.25, 0.3) is 0 Å². The molecule has 0 bridgehead atoms. The van der Waals surface area contributed by atoms with Gasteiger partial charge in [-0.2, -0.15) is 13.2 Å². The zero-order valence-corrected chi connectivity index (χ0v) is 17.1. The van der Waals surface area contributed by atoms with Crippen LogP contribution >= 0.6 is 0 Å². The second-order valence-electron chi connectivity index (χ2n) is 6.81. The zero-order valence-electron chi connectivity index (χ0n) is 16.3. The molecule has 158 valence electrons. The standard InChI is InChI=1S/C23H21F3O3S/c1-2-22(30(27,28)21-10-6-9-19(15-21)23(24,25)26)18-11-13-20(14-12-18)29-16-17-7-4-3-5-8-17/h3-15,22H,2,16H2,1H3. The Labute approximate surface area is 174 Å². The van der Waals surface area contributed by atoms with Crippen molar-refractivity contribution in [2.45, 2.75) is 36.3 Å². The second-order valence-corrected chi connectivity index (χ2v) is 8.94. The van der Waals surface area contributed by atoms with Crippen LogP contribution in [0.4, 0.5) is 13.2 Å². The minimum Gasteiger partial charge on any atom is -0.489 e. The van der Waals surface area contributed by atoms with E-state index in [-0.39, 0.29) is 11.3 Å². The average molecular weight is 434 g/mol. The van der Waals surface area contributed by atoms with Gasteiger partial charge >= 0.3 is 6.18 Å². The predicted octanol–water partition coefficient (Wildman–Crippen LogP) is 6.21. The van der Waals surface area contributed by atoms with E-state index in [1.807, 2.05) is 30.3 Å². The van der Waals surface area contributed by atoms with E-state index in [2.05, 4.69) is 0 Å². The van der Waals surface area contributed by atoms with E-state index in [4.69, 9.17) is 4.74 Å². The fourth-order valence-corrected chi connectivity index (χ4v) is 5.01. The third kappa shape index (κ3) is 5.02. The van der Waals surface area contributed by atoms with E-state index < -0.39 is 26.8 Å². The van der Waals surface area contributed by atoms with E-state index in [1.54, 1.807) is 31.2 Å². The van der Waals surface area contributed by atoms with Crippen LogP contribution in [0.1, 0.15) is 35.3 Å². The van der Waals surface area contributed by atoms with Gasteiger partial charge in [-0.25, -0.2) is 8.42 Å². The Kier molecular flexibility index (Phi) is 6.51. The summed E-state index contributed by atoms with van der Waals surface area (Å²) in [5.74, 6) is 0.578. The van der Waals surface area contributed by atoms with Gasteiger partial charge in [-0.05, 0) is 47.9 Å². The highest BCUT2D eigenvalue weighted by atomic mass is 32.2. The van der Waals surface area contributed by atoms with E-state index in [1.165, 1.54) is 6.07 Å². The molecule has 7 heteroatoms. The summed E-state index contributed by atoms with van der Waals surface area (Å²) in [7, 11) is -4.00. The zero-order chi connectivity index (χ0) is 21.8. The quantitative estimate of drug-likeness (QED) is 0.444. The van der Waals surface area contributed by atoms with Crippen LogP contribution in [0.2, 0.25) is 0 Å². The summed E-state index contributed by atoms with van der Waals surface area (Å²) in [5.41, 5.74) is 0.519. The summed E-state index contributed by atoms with van der Waals surface area (Å²) in [5, 5.41) is -0.954. The molecule has 3 rings (SSSR count). The summed E-state index contributed by atoms with van der Waals surface area (Å²) in [6.45, 7) is 2.07. The van der Waals surface area contributed by atoms with Gasteiger partial charge in [0, 0.05) is 0 Å². The lowest BCUT2D eigenvalue weighted by Gasteiger charge is -2.18. The Morgan fingerprint density at radius 3 is 2.17 bits per heavy atom. The molecule has 1 unspecified atom stereocenters. The van der Waals surface area contributed by atoms with Crippen LogP contribution in [0.3, 0.4) is 0 Å². The molecule has 0 fully saturated rings. The van der Waals surface area contributed by atoms with Crippen molar-refractivity contribution in [2.24, 2.45) is 0 Å². The molecule has 0 aliphatic carbocycles. The molecule has 0 heterocycles. The summed E-state index contributed by atoms with van der Waals surface area (Å²) in [6.07, 6.45) is -4.38. The number of halogens is 3. The van der Waals surface area contributed by atoms with Crippen molar-refractivity contribution in [3.8, 4) is 5.75 Å². The van der Waals surface area contributed by atoms with Gasteiger partial charge in [0.25, 0.3) is 0 Å². The van der Waals surface area contributed by atoms with Gasteiger partial charge in [0.1, 0.15) is 12.4 Å². The molecule has 0 aliphatic heterocycles. The molecule has 0 aromatic heterocycles. The Morgan fingerprint density at radius 1 is 0.900 bits per heavy atom. The number of benzene rings is 3. The predicted molar refractivity (Wildman–Crippen MR) is 109 cm³/mol. The number of sulfone groups is 1. The molecule has 1 atom stereocenters. The summed E-state index contributed by atoms with van der Waals surface area (Å²) < 4.78 is 70.8.